The molecule has 0 atom stereocenters. The van der Waals surface area contributed by atoms with E-state index in [9.17, 15) is 4.79 Å². The number of amides is 1. The van der Waals surface area contributed by atoms with Crippen molar-refractivity contribution in [3.05, 3.63) is 29.8 Å². The van der Waals surface area contributed by atoms with Crippen LogP contribution >= 0.6 is 0 Å². The standard InChI is InChI=1S/C14H18N2O4/c1-9(2)7-18-4-3-16-14(17)10-5-12-13(6-11(10)15)20-8-19-12/h5-6H,1,3-4,7-8,15H2,2H3,(H,16,17). The van der Waals surface area contributed by atoms with Gasteiger partial charge in [-0.2, -0.15) is 0 Å². The molecule has 1 aliphatic rings. The molecule has 20 heavy (non-hydrogen) atoms. The maximum atomic E-state index is 12.0. The van der Waals surface area contributed by atoms with Crippen molar-refractivity contribution in [1.82, 2.24) is 5.32 Å². The van der Waals surface area contributed by atoms with E-state index in [-0.39, 0.29) is 12.7 Å². The molecule has 0 aromatic heterocycles. The quantitative estimate of drug-likeness (QED) is 0.466. The number of fused-ring (bicyclic) bond motifs is 1. The number of nitrogens with one attached hydrogen (secondary N) is 1. The summed E-state index contributed by atoms with van der Waals surface area (Å²) in [5, 5.41) is 2.73. The number of carbonyl (C=O) groups is 1. The molecular formula is C14H18N2O4. The third-order valence-electron chi connectivity index (χ3n) is 2.67. The average molecular weight is 278 g/mol. The van der Waals surface area contributed by atoms with E-state index < -0.39 is 0 Å². The second-order valence-corrected chi connectivity index (χ2v) is 4.56. The van der Waals surface area contributed by atoms with E-state index in [2.05, 4.69) is 11.9 Å². The lowest BCUT2D eigenvalue weighted by Crippen LogP contribution is -2.28. The number of nitrogen functional groups attached to an aromatic ring is 1. The molecule has 1 amide bonds. The summed E-state index contributed by atoms with van der Waals surface area (Å²) in [4.78, 5) is 12.0. The van der Waals surface area contributed by atoms with Gasteiger partial charge in [0.05, 0.1) is 18.8 Å². The van der Waals surface area contributed by atoms with Crippen molar-refractivity contribution in [3.8, 4) is 11.5 Å². The Morgan fingerprint density at radius 2 is 2.15 bits per heavy atom. The van der Waals surface area contributed by atoms with E-state index in [0.29, 0.717) is 42.5 Å². The van der Waals surface area contributed by atoms with Gasteiger partial charge in [-0.1, -0.05) is 12.2 Å². The predicted molar refractivity (Wildman–Crippen MR) is 74.9 cm³/mol. The Morgan fingerprint density at radius 1 is 1.45 bits per heavy atom. The van der Waals surface area contributed by atoms with Crippen LogP contribution in [-0.4, -0.2) is 32.5 Å². The summed E-state index contributed by atoms with van der Waals surface area (Å²) in [7, 11) is 0. The van der Waals surface area contributed by atoms with Crippen LogP contribution in [0.15, 0.2) is 24.3 Å². The van der Waals surface area contributed by atoms with E-state index in [1.807, 2.05) is 6.92 Å². The average Bonchev–Trinajstić information content (AvgIpc) is 2.83. The fourth-order valence-electron chi connectivity index (χ4n) is 1.73. The van der Waals surface area contributed by atoms with Crippen molar-refractivity contribution in [2.45, 2.75) is 6.92 Å². The highest BCUT2D eigenvalue weighted by atomic mass is 16.7. The minimum absolute atomic E-state index is 0.147. The molecule has 0 saturated carbocycles. The Bertz CT molecular complexity index is 528. The zero-order valence-corrected chi connectivity index (χ0v) is 11.4. The second kappa shape index (κ2) is 6.29. The molecule has 108 valence electrons. The van der Waals surface area contributed by atoms with Crippen molar-refractivity contribution in [2.24, 2.45) is 0 Å². The van der Waals surface area contributed by atoms with Crippen molar-refractivity contribution in [3.63, 3.8) is 0 Å². The highest BCUT2D eigenvalue weighted by Gasteiger charge is 2.19. The minimum Gasteiger partial charge on any atom is -0.454 e. The molecule has 0 aliphatic carbocycles. The van der Waals surface area contributed by atoms with Crippen molar-refractivity contribution in [2.75, 3.05) is 32.3 Å². The number of benzene rings is 1. The molecule has 6 nitrogen and oxygen atoms in total. The number of hydrogen-bond donors (Lipinski definition) is 2. The van der Waals surface area contributed by atoms with Crippen LogP contribution in [0.25, 0.3) is 0 Å². The molecule has 1 aliphatic heterocycles. The van der Waals surface area contributed by atoms with E-state index in [1.54, 1.807) is 12.1 Å². The third-order valence-corrected chi connectivity index (χ3v) is 2.67. The first-order valence-corrected chi connectivity index (χ1v) is 6.27. The Morgan fingerprint density at radius 3 is 2.85 bits per heavy atom. The van der Waals surface area contributed by atoms with Crippen LogP contribution in [0.4, 0.5) is 5.69 Å². The monoisotopic (exact) mass is 278 g/mol. The molecule has 0 unspecified atom stereocenters. The minimum atomic E-state index is -0.264. The van der Waals surface area contributed by atoms with E-state index in [0.717, 1.165) is 5.57 Å². The molecule has 1 aromatic carbocycles. The Hall–Kier alpha value is -2.21. The van der Waals surface area contributed by atoms with Crippen LogP contribution in [0.3, 0.4) is 0 Å². The van der Waals surface area contributed by atoms with Crippen molar-refractivity contribution < 1.29 is 19.0 Å². The SMILES string of the molecule is C=C(C)COCCNC(=O)c1cc2c(cc1N)OCO2. The van der Waals surface area contributed by atoms with Gasteiger partial charge in [-0.3, -0.25) is 4.79 Å². The zero-order chi connectivity index (χ0) is 14.5. The predicted octanol–water partition coefficient (Wildman–Crippen LogP) is 1.32. The Labute approximate surface area is 117 Å². The Kier molecular flexibility index (Phi) is 4.47. The maximum absolute atomic E-state index is 12.0. The van der Waals surface area contributed by atoms with Crippen LogP contribution in [0.1, 0.15) is 17.3 Å². The topological polar surface area (TPSA) is 82.8 Å². The summed E-state index contributed by atoms with van der Waals surface area (Å²) in [5.74, 6) is 0.825. The van der Waals surface area contributed by atoms with Gasteiger partial charge in [0.25, 0.3) is 5.91 Å². The van der Waals surface area contributed by atoms with Gasteiger partial charge in [0.1, 0.15) is 0 Å². The van der Waals surface area contributed by atoms with Gasteiger partial charge >= 0.3 is 0 Å². The third kappa shape index (κ3) is 3.42. The molecule has 0 fully saturated rings. The second-order valence-electron chi connectivity index (χ2n) is 4.56. The van der Waals surface area contributed by atoms with Crippen LogP contribution in [0, 0.1) is 0 Å². The van der Waals surface area contributed by atoms with Gasteiger partial charge < -0.3 is 25.3 Å². The molecule has 0 saturated heterocycles. The van der Waals surface area contributed by atoms with Crippen molar-refractivity contribution in [1.29, 1.82) is 0 Å². The van der Waals surface area contributed by atoms with Gasteiger partial charge in [0.2, 0.25) is 6.79 Å². The largest absolute Gasteiger partial charge is 0.454 e. The van der Waals surface area contributed by atoms with Crippen LogP contribution < -0.4 is 20.5 Å². The van der Waals surface area contributed by atoms with Crippen LogP contribution in [-0.2, 0) is 4.74 Å². The first-order valence-electron chi connectivity index (χ1n) is 6.27. The number of anilines is 1. The number of hydrogen-bond acceptors (Lipinski definition) is 5. The van der Waals surface area contributed by atoms with Gasteiger partial charge in [-0.05, 0) is 13.0 Å². The van der Waals surface area contributed by atoms with Crippen LogP contribution in [0.2, 0.25) is 0 Å². The summed E-state index contributed by atoms with van der Waals surface area (Å²) in [6, 6.07) is 3.18. The molecular weight excluding hydrogens is 260 g/mol. The lowest BCUT2D eigenvalue weighted by Gasteiger charge is -2.09. The number of carbonyl (C=O) groups excluding carboxylic acids is 1. The molecule has 2 rings (SSSR count). The van der Waals surface area contributed by atoms with Gasteiger partial charge in [0.15, 0.2) is 11.5 Å². The van der Waals surface area contributed by atoms with E-state index in [4.69, 9.17) is 19.9 Å². The first-order chi connectivity index (χ1) is 9.58. The highest BCUT2D eigenvalue weighted by Crippen LogP contribution is 2.35. The van der Waals surface area contributed by atoms with Gasteiger partial charge in [-0.15, -0.1) is 0 Å². The molecule has 0 spiro atoms. The molecule has 0 radical (unpaired) electrons. The maximum Gasteiger partial charge on any atom is 0.253 e. The Balaban J connectivity index is 1.88. The molecule has 0 bridgehead atoms. The van der Waals surface area contributed by atoms with Gasteiger partial charge in [0, 0.05) is 18.3 Å². The number of nitrogens with two attached hydrogens (primary N) is 1. The number of rotatable bonds is 6. The van der Waals surface area contributed by atoms with E-state index in [1.165, 1.54) is 0 Å². The summed E-state index contributed by atoms with van der Waals surface area (Å²) < 4.78 is 15.7. The van der Waals surface area contributed by atoms with Crippen LogP contribution in [0.5, 0.6) is 11.5 Å². The summed E-state index contributed by atoms with van der Waals surface area (Å²) in [6.45, 7) is 7.06. The first kappa shape index (κ1) is 14.2. The zero-order valence-electron chi connectivity index (χ0n) is 11.4. The van der Waals surface area contributed by atoms with E-state index >= 15 is 0 Å². The fourth-order valence-corrected chi connectivity index (χ4v) is 1.73. The number of ether oxygens (including phenoxy) is 3. The highest BCUT2D eigenvalue weighted by molar-refractivity contribution is 6.00. The molecule has 1 aromatic rings. The molecule has 3 N–H and O–H groups in total. The summed E-state index contributed by atoms with van der Waals surface area (Å²) >= 11 is 0. The van der Waals surface area contributed by atoms with Gasteiger partial charge in [-0.25, -0.2) is 0 Å². The fraction of sp³-hybridized carbons (Fsp3) is 0.357. The normalized spacial score (nSPS) is 12.2. The lowest BCUT2D eigenvalue weighted by atomic mass is 10.1. The summed E-state index contributed by atoms with van der Waals surface area (Å²) in [6.07, 6.45) is 0. The lowest BCUT2D eigenvalue weighted by molar-refractivity contribution is 0.0927. The summed E-state index contributed by atoms with van der Waals surface area (Å²) in [5.41, 5.74) is 7.49. The van der Waals surface area contributed by atoms with Crippen molar-refractivity contribution >= 4 is 11.6 Å². The molecule has 6 heteroatoms. The molecule has 1 heterocycles. The smallest absolute Gasteiger partial charge is 0.253 e.